The first-order valence-corrected chi connectivity index (χ1v) is 5.92. The lowest BCUT2D eigenvalue weighted by Gasteiger charge is -2.02. The van der Waals surface area contributed by atoms with Crippen LogP contribution in [0.2, 0.25) is 0 Å². The van der Waals surface area contributed by atoms with E-state index in [1.165, 1.54) is 25.8 Å². The lowest BCUT2D eigenvalue weighted by Crippen LogP contribution is -2.19. The largest absolute Gasteiger partial charge is 0.493 e. The fourth-order valence-corrected chi connectivity index (χ4v) is 2.03. The number of hydrogen-bond donors (Lipinski definition) is 1. The van der Waals surface area contributed by atoms with Crippen LogP contribution >= 0.6 is 0 Å². The highest BCUT2D eigenvalue weighted by Crippen LogP contribution is 2.27. The van der Waals surface area contributed by atoms with Crippen molar-refractivity contribution in [1.29, 1.82) is 0 Å². The molecule has 1 fully saturated rings. The molecule has 0 radical (unpaired) electrons. The van der Waals surface area contributed by atoms with E-state index in [9.17, 15) is 0 Å². The summed E-state index contributed by atoms with van der Waals surface area (Å²) in [6.07, 6.45) is 4.09. The van der Waals surface area contributed by atoms with E-state index >= 15 is 0 Å². The number of furan rings is 2. The molecule has 3 rings (SSSR count). The number of hydrogen-bond acceptors (Lipinski definition) is 3. The summed E-state index contributed by atoms with van der Waals surface area (Å²) in [5.74, 6) is 0.826. The molecule has 1 saturated heterocycles. The number of ether oxygens (including phenoxy) is 1. The first kappa shape index (κ1) is 11.3. The van der Waals surface area contributed by atoms with Crippen LogP contribution in [0.4, 0.5) is 0 Å². The standard InChI is InChI=1S/C7H6O2.C6H13N/c1-8-7-4-5-2-3-6(7)9-5;1-2-6-4-3-5-7-6/h2-4H,1H3;6-7H,2-5H2,1H3. The van der Waals surface area contributed by atoms with Gasteiger partial charge in [0.15, 0.2) is 11.3 Å². The Hall–Kier alpha value is -1.22. The summed E-state index contributed by atoms with van der Waals surface area (Å²) in [4.78, 5) is 0. The molecule has 88 valence electrons. The Morgan fingerprint density at radius 3 is 2.69 bits per heavy atom. The van der Waals surface area contributed by atoms with Crippen molar-refractivity contribution in [2.75, 3.05) is 13.7 Å². The minimum absolute atomic E-state index is 0.826. The maximum absolute atomic E-state index is 5.18. The molecule has 2 aromatic heterocycles. The molecule has 1 aliphatic rings. The smallest absolute Gasteiger partial charge is 0.169 e. The normalized spacial score (nSPS) is 19.8. The summed E-state index contributed by atoms with van der Waals surface area (Å²) in [6, 6.07) is 6.53. The van der Waals surface area contributed by atoms with E-state index in [-0.39, 0.29) is 0 Å². The van der Waals surface area contributed by atoms with Crippen molar-refractivity contribution in [3.05, 3.63) is 18.2 Å². The van der Waals surface area contributed by atoms with Gasteiger partial charge in [0.25, 0.3) is 0 Å². The molecule has 0 aromatic carbocycles. The van der Waals surface area contributed by atoms with Crippen LogP contribution in [0, 0.1) is 0 Å². The summed E-state index contributed by atoms with van der Waals surface area (Å²) in [6.45, 7) is 3.49. The van der Waals surface area contributed by atoms with Crippen molar-refractivity contribution in [2.45, 2.75) is 32.2 Å². The summed E-state index contributed by atoms with van der Waals surface area (Å²) in [5.41, 5.74) is 1.70. The maximum atomic E-state index is 5.18. The first-order chi connectivity index (χ1) is 7.83. The summed E-state index contributed by atoms with van der Waals surface area (Å²) in [5, 5.41) is 3.41. The molecule has 1 atom stereocenters. The molecule has 1 aliphatic heterocycles. The Morgan fingerprint density at radius 2 is 2.38 bits per heavy atom. The predicted molar refractivity (Wildman–Crippen MR) is 65.3 cm³/mol. The zero-order valence-corrected chi connectivity index (χ0v) is 9.95. The van der Waals surface area contributed by atoms with E-state index in [1.807, 2.05) is 18.2 Å². The summed E-state index contributed by atoms with van der Waals surface area (Å²) in [7, 11) is 1.64. The predicted octanol–water partition coefficient (Wildman–Crippen LogP) is 3.03. The van der Waals surface area contributed by atoms with E-state index in [0.29, 0.717) is 0 Å². The van der Waals surface area contributed by atoms with Gasteiger partial charge in [-0.25, -0.2) is 0 Å². The number of nitrogens with one attached hydrogen (secondary N) is 1. The molecule has 1 N–H and O–H groups in total. The second-order valence-electron chi connectivity index (χ2n) is 4.12. The second kappa shape index (κ2) is 5.21. The van der Waals surface area contributed by atoms with E-state index < -0.39 is 0 Å². The molecule has 2 aromatic rings. The molecule has 3 heterocycles. The monoisotopic (exact) mass is 221 g/mol. The third kappa shape index (κ3) is 2.47. The lowest BCUT2D eigenvalue weighted by molar-refractivity contribution is 0.416. The minimum atomic E-state index is 0.826. The summed E-state index contributed by atoms with van der Waals surface area (Å²) >= 11 is 0. The Labute approximate surface area is 96.1 Å². The average Bonchev–Trinajstić information content (AvgIpc) is 3.05. The van der Waals surface area contributed by atoms with Gasteiger partial charge in [0, 0.05) is 12.1 Å². The van der Waals surface area contributed by atoms with E-state index in [2.05, 4.69) is 12.2 Å². The Kier molecular flexibility index (Phi) is 3.67. The van der Waals surface area contributed by atoms with Crippen molar-refractivity contribution in [3.63, 3.8) is 0 Å². The number of fused-ring (bicyclic) bond motifs is 2. The van der Waals surface area contributed by atoms with Crippen LogP contribution in [0.15, 0.2) is 22.6 Å². The molecule has 1 unspecified atom stereocenters. The van der Waals surface area contributed by atoms with Crippen molar-refractivity contribution < 1.29 is 9.15 Å². The van der Waals surface area contributed by atoms with Crippen LogP contribution < -0.4 is 10.1 Å². The molecular formula is C13H19NO2. The molecule has 3 nitrogen and oxygen atoms in total. The molecule has 0 aliphatic carbocycles. The van der Waals surface area contributed by atoms with Gasteiger partial charge in [0.05, 0.1) is 7.11 Å². The number of benzene rings is 1. The van der Waals surface area contributed by atoms with Gasteiger partial charge in [0.1, 0.15) is 5.58 Å². The van der Waals surface area contributed by atoms with Crippen LogP contribution in [0.25, 0.3) is 11.2 Å². The maximum Gasteiger partial charge on any atom is 0.169 e. The third-order valence-corrected chi connectivity index (χ3v) is 3.02. The van der Waals surface area contributed by atoms with E-state index in [4.69, 9.17) is 9.15 Å². The van der Waals surface area contributed by atoms with Gasteiger partial charge >= 0.3 is 0 Å². The molecule has 0 saturated carbocycles. The number of rotatable bonds is 2. The summed E-state index contributed by atoms with van der Waals surface area (Å²) < 4.78 is 10.2. The molecule has 16 heavy (non-hydrogen) atoms. The Bertz CT molecular complexity index is 404. The van der Waals surface area contributed by atoms with E-state index in [0.717, 1.165) is 23.0 Å². The van der Waals surface area contributed by atoms with Gasteiger partial charge in [-0.15, -0.1) is 0 Å². The molecular weight excluding hydrogens is 202 g/mol. The Balaban J connectivity index is 0.000000125. The van der Waals surface area contributed by atoms with Crippen LogP contribution in [-0.2, 0) is 0 Å². The number of methoxy groups -OCH3 is 1. The van der Waals surface area contributed by atoms with Gasteiger partial charge < -0.3 is 14.5 Å². The highest BCUT2D eigenvalue weighted by molar-refractivity contribution is 5.69. The van der Waals surface area contributed by atoms with Gasteiger partial charge in [-0.05, 0) is 37.9 Å². The molecule has 3 heteroatoms. The quantitative estimate of drug-likeness (QED) is 0.846. The van der Waals surface area contributed by atoms with Crippen molar-refractivity contribution in [3.8, 4) is 5.75 Å². The minimum Gasteiger partial charge on any atom is -0.493 e. The Morgan fingerprint density at radius 1 is 1.50 bits per heavy atom. The SMILES string of the molecule is CCC1CCCN1.COc1cc2ccc1o2. The van der Waals surface area contributed by atoms with Crippen molar-refractivity contribution >= 4 is 11.2 Å². The highest BCUT2D eigenvalue weighted by atomic mass is 16.5. The van der Waals surface area contributed by atoms with Crippen LogP contribution in [0.3, 0.4) is 0 Å². The second-order valence-corrected chi connectivity index (χ2v) is 4.12. The van der Waals surface area contributed by atoms with Gasteiger partial charge in [0.2, 0.25) is 0 Å². The molecule has 0 spiro atoms. The van der Waals surface area contributed by atoms with Crippen LogP contribution in [0.5, 0.6) is 5.75 Å². The van der Waals surface area contributed by atoms with Crippen molar-refractivity contribution in [1.82, 2.24) is 5.32 Å². The fraction of sp³-hybridized carbons (Fsp3) is 0.538. The fourth-order valence-electron chi connectivity index (χ4n) is 2.03. The van der Waals surface area contributed by atoms with Crippen LogP contribution in [-0.4, -0.2) is 19.7 Å². The highest BCUT2D eigenvalue weighted by Gasteiger charge is 2.09. The van der Waals surface area contributed by atoms with E-state index in [1.54, 1.807) is 7.11 Å². The lowest BCUT2D eigenvalue weighted by atomic mass is 10.2. The zero-order valence-electron chi connectivity index (χ0n) is 9.95. The first-order valence-electron chi connectivity index (χ1n) is 5.92. The van der Waals surface area contributed by atoms with Gasteiger partial charge in [-0.2, -0.15) is 0 Å². The van der Waals surface area contributed by atoms with Crippen molar-refractivity contribution in [2.24, 2.45) is 0 Å². The average molecular weight is 221 g/mol. The molecule has 0 amide bonds. The molecule has 2 bridgehead atoms. The van der Waals surface area contributed by atoms with Gasteiger partial charge in [-0.1, -0.05) is 6.92 Å². The third-order valence-electron chi connectivity index (χ3n) is 3.02. The topological polar surface area (TPSA) is 34.4 Å². The van der Waals surface area contributed by atoms with Crippen LogP contribution in [0.1, 0.15) is 26.2 Å². The zero-order chi connectivity index (χ0) is 11.4. The van der Waals surface area contributed by atoms with Gasteiger partial charge in [-0.3, -0.25) is 0 Å².